The molecule has 0 amide bonds. The molecule has 0 bridgehead atoms. The molecule has 0 saturated heterocycles. The lowest BCUT2D eigenvalue weighted by Gasteiger charge is -2.10. The van der Waals surface area contributed by atoms with Crippen molar-refractivity contribution in [2.75, 3.05) is 28.2 Å². The fourth-order valence-electron chi connectivity index (χ4n) is 1.17. The van der Waals surface area contributed by atoms with Crippen molar-refractivity contribution in [2.24, 2.45) is 0 Å². The van der Waals surface area contributed by atoms with Crippen LogP contribution in [-0.2, 0) is 0 Å². The molecule has 114 valence electrons. The molecule has 1 rings (SSSR count). The predicted octanol–water partition coefficient (Wildman–Crippen LogP) is 1.19. The zero-order valence-electron chi connectivity index (χ0n) is 11.6. The summed E-state index contributed by atoms with van der Waals surface area (Å²) in [6, 6.07) is 5.64. The topological polar surface area (TPSA) is 42.4 Å². The van der Waals surface area contributed by atoms with Gasteiger partial charge in [0.2, 0.25) is 0 Å². The number of ether oxygens (including phenoxy) is 1. The summed E-state index contributed by atoms with van der Waals surface area (Å²) in [5.74, 6) is 0.259. The van der Waals surface area contributed by atoms with Gasteiger partial charge in [0.15, 0.2) is 6.20 Å². The van der Waals surface area contributed by atoms with Gasteiger partial charge in [0, 0.05) is 6.07 Å². The van der Waals surface area contributed by atoms with Gasteiger partial charge in [-0.15, -0.1) is 4.73 Å². The minimum atomic E-state index is -6.00. The van der Waals surface area contributed by atoms with Crippen LogP contribution in [0.1, 0.15) is 0 Å². The van der Waals surface area contributed by atoms with E-state index in [1.807, 2.05) is 28.2 Å². The Morgan fingerprint density at radius 1 is 1.25 bits per heavy atom. The second kappa shape index (κ2) is 7.56. The van der Waals surface area contributed by atoms with Crippen LogP contribution in [0.5, 0.6) is 5.88 Å². The minimum Gasteiger partial charge on any atom is -0.616 e. The highest BCUT2D eigenvalue weighted by Gasteiger charge is 2.20. The van der Waals surface area contributed by atoms with E-state index >= 15 is 0 Å². The summed E-state index contributed by atoms with van der Waals surface area (Å²) in [7, 11) is 1.42. The highest BCUT2D eigenvalue weighted by Crippen LogP contribution is 2.06. The average Bonchev–Trinajstić information content (AvgIpc) is 2.24. The van der Waals surface area contributed by atoms with Crippen molar-refractivity contribution in [3.8, 4) is 5.88 Å². The zero-order valence-corrected chi connectivity index (χ0v) is 11.6. The molecule has 0 aliphatic rings. The largest absolute Gasteiger partial charge is 0.673 e. The summed E-state index contributed by atoms with van der Waals surface area (Å²) in [5, 5.41) is 11.3. The van der Waals surface area contributed by atoms with Crippen molar-refractivity contribution >= 4 is 13.3 Å². The molecular formula is C10H16BF4N3O2. The van der Waals surface area contributed by atoms with Crippen molar-refractivity contribution in [1.29, 1.82) is 0 Å². The van der Waals surface area contributed by atoms with Gasteiger partial charge in [0.25, 0.3) is 0 Å². The number of pyridine rings is 1. The SMILES string of the molecule is CN(C)C(Oc1cccc[n+]1[O-])=[N+](C)C.F[B-](F)(F)F. The Morgan fingerprint density at radius 3 is 2.10 bits per heavy atom. The van der Waals surface area contributed by atoms with Gasteiger partial charge in [-0.2, -0.15) is 0 Å². The van der Waals surface area contributed by atoms with Crippen molar-refractivity contribution in [3.63, 3.8) is 0 Å². The van der Waals surface area contributed by atoms with Gasteiger partial charge < -0.3 is 27.2 Å². The predicted molar refractivity (Wildman–Crippen MR) is 67.0 cm³/mol. The first-order valence-corrected chi connectivity index (χ1v) is 5.47. The van der Waals surface area contributed by atoms with Crippen LogP contribution in [0.4, 0.5) is 17.3 Å². The van der Waals surface area contributed by atoms with Gasteiger partial charge in [-0.25, -0.2) is 9.48 Å². The number of nitrogens with zero attached hydrogens (tertiary/aromatic N) is 3. The molecule has 5 nitrogen and oxygen atoms in total. The molecule has 1 aromatic heterocycles. The minimum absolute atomic E-state index is 0.259. The maximum Gasteiger partial charge on any atom is 0.673 e. The van der Waals surface area contributed by atoms with Crippen LogP contribution in [0.25, 0.3) is 0 Å². The molecule has 1 heterocycles. The van der Waals surface area contributed by atoms with Gasteiger partial charge in [-0.05, 0) is 6.07 Å². The zero-order chi connectivity index (χ0) is 15.9. The Balaban J connectivity index is 0.000000621. The quantitative estimate of drug-likeness (QED) is 0.195. The van der Waals surface area contributed by atoms with Crippen LogP contribution in [0, 0.1) is 5.21 Å². The number of halogens is 4. The van der Waals surface area contributed by atoms with Gasteiger partial charge in [-0.3, -0.25) is 0 Å². The van der Waals surface area contributed by atoms with E-state index in [-0.39, 0.29) is 5.88 Å². The third-order valence-corrected chi connectivity index (χ3v) is 1.75. The van der Waals surface area contributed by atoms with Crippen LogP contribution in [0.15, 0.2) is 24.4 Å². The van der Waals surface area contributed by atoms with Crippen LogP contribution in [0.3, 0.4) is 0 Å². The van der Waals surface area contributed by atoms with E-state index in [4.69, 9.17) is 4.74 Å². The molecular weight excluding hydrogens is 281 g/mol. The molecule has 0 fully saturated rings. The van der Waals surface area contributed by atoms with Crippen LogP contribution in [-0.4, -0.2) is 50.9 Å². The number of hydrogen-bond donors (Lipinski definition) is 0. The lowest BCUT2D eigenvalue weighted by molar-refractivity contribution is -0.612. The summed E-state index contributed by atoms with van der Waals surface area (Å²) in [5.41, 5.74) is 0. The van der Waals surface area contributed by atoms with E-state index in [1.54, 1.807) is 27.7 Å². The highest BCUT2D eigenvalue weighted by molar-refractivity contribution is 6.50. The number of hydrogen-bond acceptors (Lipinski definition) is 2. The third kappa shape index (κ3) is 8.17. The average molecular weight is 297 g/mol. The van der Waals surface area contributed by atoms with Crippen molar-refractivity contribution < 1.29 is 31.3 Å². The fourth-order valence-corrected chi connectivity index (χ4v) is 1.17. The lowest BCUT2D eigenvalue weighted by atomic mass is 10.3. The molecule has 0 saturated carbocycles. The van der Waals surface area contributed by atoms with E-state index in [1.165, 1.54) is 6.20 Å². The maximum absolute atomic E-state index is 11.3. The van der Waals surface area contributed by atoms with E-state index in [0.717, 1.165) is 0 Å². The molecule has 10 heteroatoms. The summed E-state index contributed by atoms with van der Waals surface area (Å²) in [6.07, 6.45) is 1.40. The maximum atomic E-state index is 11.3. The third-order valence-electron chi connectivity index (χ3n) is 1.75. The van der Waals surface area contributed by atoms with Crippen LogP contribution in [0.2, 0.25) is 0 Å². The molecule has 0 aromatic carbocycles. The first-order chi connectivity index (χ1) is 9.02. The number of amidine groups is 1. The van der Waals surface area contributed by atoms with Gasteiger partial charge in [-0.1, -0.05) is 0 Å². The smallest absolute Gasteiger partial charge is 0.616 e. The molecule has 0 spiro atoms. The summed E-state index contributed by atoms with van der Waals surface area (Å²) >= 11 is 0. The second-order valence-electron chi connectivity index (χ2n) is 4.03. The Kier molecular flexibility index (Phi) is 6.81. The molecule has 1 aromatic rings. The lowest BCUT2D eigenvalue weighted by Crippen LogP contribution is -2.39. The van der Waals surface area contributed by atoms with Gasteiger partial charge >= 0.3 is 19.2 Å². The standard InChI is InChI=1S/C10H16N3O2.BF4/c1-11(2)10(12(3)4)15-9-7-5-6-8-13(9)14;2-1(3,4)5/h5-8H,1-4H3;/q+1;-1. The molecule has 0 N–H and O–H groups in total. The van der Waals surface area contributed by atoms with Gasteiger partial charge in [0.1, 0.15) is 0 Å². The first kappa shape index (κ1) is 18.0. The molecule has 0 radical (unpaired) electrons. The molecule has 0 aliphatic heterocycles. The first-order valence-electron chi connectivity index (χ1n) is 5.47. The number of rotatable bonds is 1. The fraction of sp³-hybridized carbons (Fsp3) is 0.400. The molecule has 0 unspecified atom stereocenters. The number of aromatic nitrogens is 1. The Morgan fingerprint density at radius 2 is 1.75 bits per heavy atom. The Hall–Kier alpha value is -2.00. The second-order valence-corrected chi connectivity index (χ2v) is 4.03. The Bertz CT molecular complexity index is 456. The van der Waals surface area contributed by atoms with Crippen LogP contribution >= 0.6 is 0 Å². The van der Waals surface area contributed by atoms with E-state index in [9.17, 15) is 22.5 Å². The van der Waals surface area contributed by atoms with Gasteiger partial charge in [0.05, 0.1) is 34.3 Å². The van der Waals surface area contributed by atoms with Crippen molar-refractivity contribution in [1.82, 2.24) is 4.90 Å². The van der Waals surface area contributed by atoms with E-state index < -0.39 is 7.25 Å². The summed E-state index contributed by atoms with van der Waals surface area (Å²) < 4.78 is 47.0. The van der Waals surface area contributed by atoms with Crippen molar-refractivity contribution in [3.05, 3.63) is 29.6 Å². The summed E-state index contributed by atoms with van der Waals surface area (Å²) in [6.45, 7) is 0. The van der Waals surface area contributed by atoms with Crippen molar-refractivity contribution in [2.45, 2.75) is 0 Å². The molecule has 0 aliphatic carbocycles. The Labute approximate surface area is 114 Å². The molecule has 0 atom stereocenters. The monoisotopic (exact) mass is 297 g/mol. The summed E-state index contributed by atoms with van der Waals surface area (Å²) in [4.78, 5) is 1.80. The molecule has 20 heavy (non-hydrogen) atoms. The highest BCUT2D eigenvalue weighted by atomic mass is 19.5. The normalized spacial score (nSPS) is 10.2. The van der Waals surface area contributed by atoms with E-state index in [2.05, 4.69) is 0 Å². The van der Waals surface area contributed by atoms with E-state index in [0.29, 0.717) is 10.8 Å². The van der Waals surface area contributed by atoms with Crippen LogP contribution < -0.4 is 9.47 Å².